The van der Waals surface area contributed by atoms with Crippen LogP contribution in [-0.2, 0) is 0 Å². The second-order valence-corrected chi connectivity index (χ2v) is 16.1. The van der Waals surface area contributed by atoms with Crippen molar-refractivity contribution in [2.75, 3.05) is 19.0 Å². The van der Waals surface area contributed by atoms with Gasteiger partial charge in [0.15, 0.2) is 0 Å². The highest BCUT2D eigenvalue weighted by Gasteiger charge is 2.63. The van der Waals surface area contributed by atoms with Gasteiger partial charge in [-0.25, -0.2) is 0 Å². The fraction of sp³-hybridized carbons (Fsp3) is 0.786. The van der Waals surface area contributed by atoms with E-state index < -0.39 is 0 Å². The summed E-state index contributed by atoms with van der Waals surface area (Å²) in [5, 5.41) is 3.19. The van der Waals surface area contributed by atoms with Crippen molar-refractivity contribution in [3.8, 4) is 0 Å². The van der Waals surface area contributed by atoms with Gasteiger partial charge in [0.1, 0.15) is 0 Å². The molecule has 8 bridgehead atoms. The van der Waals surface area contributed by atoms with E-state index in [1.54, 1.807) is 82.7 Å². The van der Waals surface area contributed by atoms with Gasteiger partial charge in [-0.3, -0.25) is 0 Å². The van der Waals surface area contributed by atoms with Crippen molar-refractivity contribution in [1.82, 2.24) is 0 Å². The summed E-state index contributed by atoms with van der Waals surface area (Å²) in [6.45, 7) is 0. The molecule has 0 amide bonds. The topological polar surface area (TPSA) is 3.24 Å². The maximum Gasteiger partial charge on any atom is 0.0439 e. The SMILES string of the molecule is CN(C)c1ccccc1P(C12CC3CC(CC(C3)C1)C2)C12CC3CC(CC(C3)C1)C2. The fourth-order valence-electron chi connectivity index (χ4n) is 10.7. The summed E-state index contributed by atoms with van der Waals surface area (Å²) in [5.74, 6) is 6.43. The van der Waals surface area contributed by atoms with Gasteiger partial charge in [0.2, 0.25) is 0 Å². The molecular weight excluding hydrogens is 381 g/mol. The molecule has 9 rings (SSSR count). The molecule has 0 spiro atoms. The van der Waals surface area contributed by atoms with Crippen LogP contribution in [0.25, 0.3) is 0 Å². The first-order valence-electron chi connectivity index (χ1n) is 13.1. The predicted molar refractivity (Wildman–Crippen MR) is 129 cm³/mol. The van der Waals surface area contributed by atoms with Crippen LogP contribution < -0.4 is 10.2 Å². The maximum absolute atomic E-state index is 2.61. The van der Waals surface area contributed by atoms with Gasteiger partial charge in [-0.1, -0.05) is 26.1 Å². The van der Waals surface area contributed by atoms with E-state index in [4.69, 9.17) is 0 Å². The number of hydrogen-bond donors (Lipinski definition) is 0. The Balaban J connectivity index is 1.40. The van der Waals surface area contributed by atoms with E-state index in [1.807, 2.05) is 5.30 Å². The summed E-state index contributed by atoms with van der Waals surface area (Å²) in [6.07, 6.45) is 19.0. The van der Waals surface area contributed by atoms with Gasteiger partial charge in [-0.05, 0) is 129 Å². The normalized spacial score (nSPS) is 48.9. The highest BCUT2D eigenvalue weighted by atomic mass is 31.1. The average Bonchev–Trinajstić information content (AvgIpc) is 2.65. The third-order valence-electron chi connectivity index (χ3n) is 10.6. The third kappa shape index (κ3) is 2.69. The fourth-order valence-corrected chi connectivity index (χ4v) is 16.1. The van der Waals surface area contributed by atoms with Gasteiger partial charge >= 0.3 is 0 Å². The van der Waals surface area contributed by atoms with E-state index in [0.717, 1.165) is 35.5 Å². The zero-order valence-corrected chi connectivity index (χ0v) is 20.0. The number of para-hydroxylation sites is 1. The largest absolute Gasteiger partial charge is 0.377 e. The first-order chi connectivity index (χ1) is 14.5. The number of nitrogens with zero attached hydrogens (tertiary/aromatic N) is 1. The molecule has 0 radical (unpaired) electrons. The van der Waals surface area contributed by atoms with Gasteiger partial charge < -0.3 is 4.90 Å². The van der Waals surface area contributed by atoms with Crippen molar-refractivity contribution < 1.29 is 0 Å². The van der Waals surface area contributed by atoms with Crippen LogP contribution in [0.1, 0.15) is 77.0 Å². The van der Waals surface area contributed by atoms with E-state index >= 15 is 0 Å². The zero-order chi connectivity index (χ0) is 20.1. The van der Waals surface area contributed by atoms with Crippen molar-refractivity contribution >= 4 is 18.9 Å². The standard InChI is InChI=1S/C28H40NP/c1-29(2)25-5-3-4-6-26(25)30(27-13-19-7-20(14-27)9-21(8-19)15-27)28-16-22-10-23(17-28)12-24(11-22)18-28/h3-6,19-24H,7-18H2,1-2H3. The van der Waals surface area contributed by atoms with Crippen LogP contribution in [0.15, 0.2) is 24.3 Å². The first-order valence-corrected chi connectivity index (χ1v) is 14.4. The molecule has 0 atom stereocenters. The molecule has 1 nitrogen and oxygen atoms in total. The minimum Gasteiger partial charge on any atom is -0.377 e. The molecule has 30 heavy (non-hydrogen) atoms. The molecule has 0 heterocycles. The first kappa shape index (κ1) is 19.0. The second kappa shape index (κ2) is 6.50. The van der Waals surface area contributed by atoms with E-state index in [-0.39, 0.29) is 7.92 Å². The molecule has 8 saturated carbocycles. The minimum absolute atomic E-state index is 0.0989. The average molecular weight is 422 g/mol. The molecule has 0 aliphatic heterocycles. The lowest BCUT2D eigenvalue weighted by Gasteiger charge is -2.67. The number of hydrogen-bond acceptors (Lipinski definition) is 1. The van der Waals surface area contributed by atoms with Crippen molar-refractivity contribution in [1.29, 1.82) is 0 Å². The molecular formula is C28H40NP. The third-order valence-corrected chi connectivity index (χ3v) is 14.4. The smallest absolute Gasteiger partial charge is 0.0439 e. The van der Waals surface area contributed by atoms with Crippen LogP contribution >= 0.6 is 7.92 Å². The predicted octanol–water partition coefficient (Wildman–Crippen LogP) is 6.80. The Morgan fingerprint density at radius 2 is 1.00 bits per heavy atom. The number of benzene rings is 1. The van der Waals surface area contributed by atoms with E-state index in [2.05, 4.69) is 43.3 Å². The summed E-state index contributed by atoms with van der Waals surface area (Å²) in [5.41, 5.74) is 1.56. The Hall–Kier alpha value is -0.550. The van der Waals surface area contributed by atoms with Gasteiger partial charge in [0.25, 0.3) is 0 Å². The summed E-state index contributed by atoms with van der Waals surface area (Å²) >= 11 is 0. The van der Waals surface area contributed by atoms with Crippen molar-refractivity contribution in [3.63, 3.8) is 0 Å². The lowest BCUT2D eigenvalue weighted by atomic mass is 9.55. The van der Waals surface area contributed by atoms with Crippen LogP contribution in [0, 0.1) is 35.5 Å². The Morgan fingerprint density at radius 1 is 0.633 bits per heavy atom. The van der Waals surface area contributed by atoms with Gasteiger partial charge in [-0.15, -0.1) is 0 Å². The molecule has 162 valence electrons. The van der Waals surface area contributed by atoms with Crippen LogP contribution in [0.3, 0.4) is 0 Å². The Morgan fingerprint density at radius 3 is 1.37 bits per heavy atom. The molecule has 2 heteroatoms. The van der Waals surface area contributed by atoms with Crippen LogP contribution in [0.2, 0.25) is 0 Å². The summed E-state index contributed by atoms with van der Waals surface area (Å²) < 4.78 is 0. The molecule has 1 aromatic carbocycles. The van der Waals surface area contributed by atoms with Gasteiger partial charge in [-0.2, -0.15) is 0 Å². The van der Waals surface area contributed by atoms with Crippen LogP contribution in [0.5, 0.6) is 0 Å². The second-order valence-electron chi connectivity index (χ2n) is 13.0. The van der Waals surface area contributed by atoms with E-state index in [9.17, 15) is 0 Å². The molecule has 8 aliphatic carbocycles. The minimum atomic E-state index is -0.0989. The highest BCUT2D eigenvalue weighted by Crippen LogP contribution is 2.78. The van der Waals surface area contributed by atoms with Crippen molar-refractivity contribution in [2.45, 2.75) is 87.4 Å². The molecule has 8 aliphatic rings. The molecule has 0 aromatic heterocycles. The Kier molecular flexibility index (Phi) is 4.11. The molecule has 0 N–H and O–H groups in total. The molecule has 0 unspecified atom stereocenters. The van der Waals surface area contributed by atoms with Crippen molar-refractivity contribution in [3.05, 3.63) is 24.3 Å². The van der Waals surface area contributed by atoms with Crippen LogP contribution in [-0.4, -0.2) is 24.4 Å². The Labute approximate surface area is 185 Å². The number of anilines is 1. The molecule has 8 fully saturated rings. The van der Waals surface area contributed by atoms with Gasteiger partial charge in [0, 0.05) is 25.1 Å². The van der Waals surface area contributed by atoms with Crippen LogP contribution in [0.4, 0.5) is 5.69 Å². The lowest BCUT2D eigenvalue weighted by molar-refractivity contribution is 0.0195. The Bertz CT molecular complexity index is 726. The van der Waals surface area contributed by atoms with Crippen molar-refractivity contribution in [2.24, 2.45) is 35.5 Å². The van der Waals surface area contributed by atoms with E-state index in [0.29, 0.717) is 10.3 Å². The van der Waals surface area contributed by atoms with Gasteiger partial charge in [0.05, 0.1) is 0 Å². The summed E-state index contributed by atoms with van der Waals surface area (Å²) in [7, 11) is 4.50. The maximum atomic E-state index is 2.61. The molecule has 0 saturated heterocycles. The molecule has 1 aromatic rings. The monoisotopic (exact) mass is 421 g/mol. The zero-order valence-electron chi connectivity index (χ0n) is 19.2. The van der Waals surface area contributed by atoms with E-state index in [1.165, 1.54) is 0 Å². The lowest BCUT2D eigenvalue weighted by Crippen LogP contribution is -2.58. The summed E-state index contributed by atoms with van der Waals surface area (Å²) in [4.78, 5) is 2.45. The number of rotatable bonds is 4. The quantitative estimate of drug-likeness (QED) is 0.483. The highest BCUT2D eigenvalue weighted by molar-refractivity contribution is 7.69. The summed E-state index contributed by atoms with van der Waals surface area (Å²) in [6, 6.07) is 9.74.